The molecule has 23 heavy (non-hydrogen) atoms. The Bertz CT molecular complexity index is 590. The van der Waals surface area contributed by atoms with Gasteiger partial charge in [0.05, 0.1) is 18.8 Å². The lowest BCUT2D eigenvalue weighted by molar-refractivity contribution is -0.128. The Balaban J connectivity index is 1.78. The van der Waals surface area contributed by atoms with Gasteiger partial charge in [-0.1, -0.05) is 12.1 Å². The summed E-state index contributed by atoms with van der Waals surface area (Å²) in [5, 5.41) is 2.59. The van der Waals surface area contributed by atoms with Crippen molar-refractivity contribution < 1.29 is 14.3 Å². The van der Waals surface area contributed by atoms with Gasteiger partial charge in [0.25, 0.3) is 5.91 Å². The van der Waals surface area contributed by atoms with Crippen molar-refractivity contribution in [1.82, 2.24) is 10.2 Å². The van der Waals surface area contributed by atoms with Crippen molar-refractivity contribution in [3.05, 3.63) is 24.3 Å². The fourth-order valence-electron chi connectivity index (χ4n) is 2.80. The summed E-state index contributed by atoms with van der Waals surface area (Å²) in [6.07, 6.45) is -0.671. The minimum Gasteiger partial charge on any atom is -0.477 e. The number of nitrogens with zero attached hydrogens (tertiary/aromatic N) is 2. The molecule has 2 amide bonds. The van der Waals surface area contributed by atoms with Crippen molar-refractivity contribution >= 4 is 29.3 Å². The van der Waals surface area contributed by atoms with E-state index >= 15 is 0 Å². The Morgan fingerprint density at radius 2 is 2.04 bits per heavy atom. The highest BCUT2D eigenvalue weighted by Gasteiger charge is 2.33. The minimum absolute atomic E-state index is 0.0153. The zero-order valence-electron chi connectivity index (χ0n) is 13.2. The molecule has 1 fully saturated rings. The molecule has 1 saturated heterocycles. The number of nitrogens with one attached hydrogen (secondary N) is 1. The number of ether oxygens (including phenoxy) is 1. The minimum atomic E-state index is -0.671. The van der Waals surface area contributed by atoms with Crippen molar-refractivity contribution in [3.8, 4) is 5.75 Å². The first-order valence-corrected chi connectivity index (χ1v) is 8.92. The Morgan fingerprint density at radius 1 is 1.30 bits per heavy atom. The number of hydrogen-bond acceptors (Lipinski definition) is 5. The molecular formula is C16H21N3O3S. The molecule has 3 rings (SSSR count). The molecule has 1 aromatic carbocycles. The van der Waals surface area contributed by atoms with Crippen LogP contribution in [0.4, 0.5) is 5.69 Å². The van der Waals surface area contributed by atoms with Gasteiger partial charge in [-0.3, -0.25) is 14.5 Å². The van der Waals surface area contributed by atoms with Crippen molar-refractivity contribution in [2.75, 3.05) is 49.6 Å². The van der Waals surface area contributed by atoms with Crippen LogP contribution in [0, 0.1) is 0 Å². The normalized spacial score (nSPS) is 21.3. The molecule has 1 aromatic rings. The first kappa shape index (κ1) is 16.1. The predicted octanol–water partition coefficient (Wildman–Crippen LogP) is 0.575. The maximum atomic E-state index is 12.8. The van der Waals surface area contributed by atoms with Crippen LogP contribution in [0.2, 0.25) is 0 Å². The van der Waals surface area contributed by atoms with E-state index in [9.17, 15) is 9.59 Å². The number of anilines is 1. The molecule has 2 aliphatic heterocycles. The van der Waals surface area contributed by atoms with E-state index in [2.05, 4.69) is 10.2 Å². The van der Waals surface area contributed by atoms with Crippen LogP contribution < -0.4 is 15.0 Å². The van der Waals surface area contributed by atoms with E-state index in [0.717, 1.165) is 30.3 Å². The molecule has 6 nitrogen and oxygen atoms in total. The van der Waals surface area contributed by atoms with Crippen molar-refractivity contribution in [1.29, 1.82) is 0 Å². The second kappa shape index (κ2) is 7.23. The van der Waals surface area contributed by atoms with Gasteiger partial charge >= 0.3 is 0 Å². The number of likely N-dealkylation sites (N-methyl/N-ethyl adjacent to an activating group) is 1. The lowest BCUT2D eigenvalue weighted by atomic mass is 10.1. The maximum absolute atomic E-state index is 12.8. The number of amides is 2. The molecule has 0 aliphatic carbocycles. The van der Waals surface area contributed by atoms with Gasteiger partial charge in [-0.2, -0.15) is 11.8 Å². The van der Waals surface area contributed by atoms with Gasteiger partial charge in [-0.05, 0) is 12.1 Å². The molecule has 124 valence electrons. The summed E-state index contributed by atoms with van der Waals surface area (Å²) in [5.41, 5.74) is 0.740. The summed E-state index contributed by atoms with van der Waals surface area (Å²) >= 11 is 1.92. The Morgan fingerprint density at radius 3 is 2.78 bits per heavy atom. The van der Waals surface area contributed by atoms with Crippen LogP contribution >= 0.6 is 11.8 Å². The second-order valence-corrected chi connectivity index (χ2v) is 6.81. The summed E-state index contributed by atoms with van der Waals surface area (Å²) in [4.78, 5) is 28.6. The lowest BCUT2D eigenvalue weighted by Crippen LogP contribution is -2.52. The molecule has 1 N–H and O–H groups in total. The van der Waals surface area contributed by atoms with E-state index in [0.29, 0.717) is 12.3 Å². The van der Waals surface area contributed by atoms with E-state index in [4.69, 9.17) is 4.74 Å². The van der Waals surface area contributed by atoms with Crippen molar-refractivity contribution in [2.24, 2.45) is 0 Å². The molecule has 0 unspecified atom stereocenters. The standard InChI is InChI=1S/C16H21N3O3S/c1-17-16(21)14-10-19(12-4-2-3-5-13(12)22-14)15(20)11-18-6-8-23-9-7-18/h2-5,14H,6-11H2,1H3,(H,17,21)/t14-/m0/s1. The summed E-state index contributed by atoms with van der Waals surface area (Å²) in [5.74, 6) is 2.50. The van der Waals surface area contributed by atoms with Crippen LogP contribution in [-0.4, -0.2) is 67.6 Å². The third-order valence-corrected chi connectivity index (χ3v) is 5.02. The zero-order valence-corrected chi connectivity index (χ0v) is 14.0. The van der Waals surface area contributed by atoms with Crippen LogP contribution in [0.5, 0.6) is 5.75 Å². The second-order valence-electron chi connectivity index (χ2n) is 5.58. The average Bonchev–Trinajstić information content (AvgIpc) is 2.60. The lowest BCUT2D eigenvalue weighted by Gasteiger charge is -2.35. The third-order valence-electron chi connectivity index (χ3n) is 4.08. The number of para-hydroxylation sites is 2. The summed E-state index contributed by atoms with van der Waals surface area (Å²) < 4.78 is 5.73. The predicted molar refractivity (Wildman–Crippen MR) is 91.0 cm³/mol. The molecule has 0 radical (unpaired) electrons. The van der Waals surface area contributed by atoms with Gasteiger partial charge in [0.15, 0.2) is 6.10 Å². The van der Waals surface area contributed by atoms with E-state index in [1.165, 1.54) is 0 Å². The largest absolute Gasteiger partial charge is 0.477 e. The summed E-state index contributed by atoms with van der Waals surface area (Å²) in [6.45, 7) is 2.50. The van der Waals surface area contributed by atoms with Gasteiger partial charge in [0.1, 0.15) is 5.75 Å². The highest BCUT2D eigenvalue weighted by Crippen LogP contribution is 2.33. The SMILES string of the molecule is CNC(=O)[C@@H]1CN(C(=O)CN2CCSCC2)c2ccccc2O1. The van der Waals surface area contributed by atoms with Gasteiger partial charge < -0.3 is 15.0 Å². The van der Waals surface area contributed by atoms with Gasteiger partial charge in [-0.15, -0.1) is 0 Å². The highest BCUT2D eigenvalue weighted by atomic mass is 32.2. The van der Waals surface area contributed by atoms with Gasteiger partial charge in [0, 0.05) is 31.6 Å². The third kappa shape index (κ3) is 3.61. The number of benzene rings is 1. The van der Waals surface area contributed by atoms with Gasteiger partial charge in [-0.25, -0.2) is 0 Å². The molecular weight excluding hydrogens is 314 g/mol. The van der Waals surface area contributed by atoms with Crippen LogP contribution in [-0.2, 0) is 9.59 Å². The quantitative estimate of drug-likeness (QED) is 0.875. The fraction of sp³-hybridized carbons (Fsp3) is 0.500. The molecule has 0 spiro atoms. The number of carbonyl (C=O) groups is 2. The fourth-order valence-corrected chi connectivity index (χ4v) is 3.78. The maximum Gasteiger partial charge on any atom is 0.262 e. The highest BCUT2D eigenvalue weighted by molar-refractivity contribution is 7.99. The first-order chi connectivity index (χ1) is 11.2. The van der Waals surface area contributed by atoms with Crippen LogP contribution in [0.1, 0.15) is 0 Å². The van der Waals surface area contributed by atoms with E-state index < -0.39 is 6.10 Å². The average molecular weight is 335 g/mol. The van der Waals surface area contributed by atoms with Crippen LogP contribution in [0.3, 0.4) is 0 Å². The van der Waals surface area contributed by atoms with Crippen molar-refractivity contribution in [2.45, 2.75) is 6.10 Å². The van der Waals surface area contributed by atoms with E-state index in [1.54, 1.807) is 18.0 Å². The Hall–Kier alpha value is -1.73. The molecule has 1 atom stereocenters. The molecule has 2 heterocycles. The van der Waals surface area contributed by atoms with E-state index in [1.807, 2.05) is 30.0 Å². The Kier molecular flexibility index (Phi) is 5.07. The number of rotatable bonds is 3. The monoisotopic (exact) mass is 335 g/mol. The van der Waals surface area contributed by atoms with Crippen LogP contribution in [0.15, 0.2) is 24.3 Å². The topological polar surface area (TPSA) is 61.9 Å². The number of fused-ring (bicyclic) bond motifs is 1. The van der Waals surface area contributed by atoms with E-state index in [-0.39, 0.29) is 18.4 Å². The Labute approximate surface area is 140 Å². The first-order valence-electron chi connectivity index (χ1n) is 7.77. The van der Waals surface area contributed by atoms with Gasteiger partial charge in [0.2, 0.25) is 5.91 Å². The molecule has 0 bridgehead atoms. The summed E-state index contributed by atoms with van der Waals surface area (Å²) in [7, 11) is 1.57. The molecule has 0 aromatic heterocycles. The zero-order chi connectivity index (χ0) is 16.2. The summed E-state index contributed by atoms with van der Waals surface area (Å²) in [6, 6.07) is 7.37. The molecule has 0 saturated carbocycles. The molecule has 2 aliphatic rings. The van der Waals surface area contributed by atoms with Crippen LogP contribution in [0.25, 0.3) is 0 Å². The number of thioether (sulfide) groups is 1. The number of hydrogen-bond donors (Lipinski definition) is 1. The molecule has 7 heteroatoms. The van der Waals surface area contributed by atoms with Crippen molar-refractivity contribution in [3.63, 3.8) is 0 Å². The number of carbonyl (C=O) groups excluding carboxylic acids is 2. The smallest absolute Gasteiger partial charge is 0.262 e.